The summed E-state index contributed by atoms with van der Waals surface area (Å²) in [6.45, 7) is 6.49. The van der Waals surface area contributed by atoms with Crippen LogP contribution in [0.3, 0.4) is 0 Å². The summed E-state index contributed by atoms with van der Waals surface area (Å²) in [6.07, 6.45) is 2.40. The van der Waals surface area contributed by atoms with E-state index in [2.05, 4.69) is 29.2 Å². The molecule has 0 amide bonds. The smallest absolute Gasteiger partial charge is 0.157 e. The number of nitrogens with zero attached hydrogens (tertiary/aromatic N) is 3. The number of anilines is 2. The Morgan fingerprint density at radius 2 is 2.31 bits per heavy atom. The molecule has 1 fully saturated rings. The van der Waals surface area contributed by atoms with E-state index in [1.165, 1.54) is 18.0 Å². The highest BCUT2D eigenvalue weighted by molar-refractivity contribution is 7.10. The number of piperidine rings is 1. The molecule has 0 atom stereocenters. The minimum absolute atomic E-state index is 0.309. The average Bonchev–Trinajstić information content (AvgIpc) is 2.58. The highest BCUT2D eigenvalue weighted by atomic mass is 32.1. The molecule has 2 N–H and O–H groups in total. The second kappa shape index (κ2) is 3.95. The van der Waals surface area contributed by atoms with Gasteiger partial charge in [0.1, 0.15) is 16.6 Å². The molecule has 2 rings (SSSR count). The monoisotopic (exact) mass is 236 g/mol. The van der Waals surface area contributed by atoms with Gasteiger partial charge >= 0.3 is 0 Å². The predicted octanol–water partition coefficient (Wildman–Crippen LogP) is 2.22. The van der Waals surface area contributed by atoms with E-state index in [4.69, 9.17) is 11.0 Å². The minimum Gasteiger partial charge on any atom is -0.382 e. The van der Waals surface area contributed by atoms with Crippen LogP contribution < -0.4 is 10.6 Å². The van der Waals surface area contributed by atoms with Crippen LogP contribution in [0.2, 0.25) is 0 Å². The number of aromatic nitrogens is 1. The summed E-state index contributed by atoms with van der Waals surface area (Å²) >= 11 is 1.34. The lowest BCUT2D eigenvalue weighted by Gasteiger charge is -2.38. The van der Waals surface area contributed by atoms with Gasteiger partial charge in [0.25, 0.3) is 0 Å². The van der Waals surface area contributed by atoms with Gasteiger partial charge < -0.3 is 10.6 Å². The third-order valence-corrected chi connectivity index (χ3v) is 3.92. The first-order chi connectivity index (χ1) is 7.53. The van der Waals surface area contributed by atoms with Crippen LogP contribution in [-0.2, 0) is 0 Å². The molecule has 16 heavy (non-hydrogen) atoms. The molecule has 86 valence electrons. The Hall–Kier alpha value is -1.28. The first-order valence-corrected chi connectivity index (χ1v) is 6.21. The fraction of sp³-hybridized carbons (Fsp3) is 0.636. The zero-order valence-corrected chi connectivity index (χ0v) is 10.5. The molecule has 0 unspecified atom stereocenters. The highest BCUT2D eigenvalue weighted by Crippen LogP contribution is 2.36. The first kappa shape index (κ1) is 11.2. The van der Waals surface area contributed by atoms with E-state index in [1.54, 1.807) is 0 Å². The molecule has 1 aliphatic rings. The zero-order valence-electron chi connectivity index (χ0n) is 9.66. The van der Waals surface area contributed by atoms with Gasteiger partial charge in [-0.05, 0) is 29.8 Å². The Balaban J connectivity index is 2.28. The van der Waals surface area contributed by atoms with E-state index in [0.29, 0.717) is 16.8 Å². The SMILES string of the molecule is CC1(C)CCCN(c2snc(N)c2C#N)C1. The first-order valence-electron chi connectivity index (χ1n) is 5.44. The summed E-state index contributed by atoms with van der Waals surface area (Å²) in [5, 5.41) is 10.00. The molecule has 0 bridgehead atoms. The molecule has 0 saturated carbocycles. The van der Waals surface area contributed by atoms with Gasteiger partial charge in [0, 0.05) is 13.1 Å². The van der Waals surface area contributed by atoms with E-state index in [0.717, 1.165) is 24.5 Å². The Morgan fingerprint density at radius 1 is 1.56 bits per heavy atom. The summed E-state index contributed by atoms with van der Waals surface area (Å²) in [7, 11) is 0. The number of rotatable bonds is 1. The molecule has 0 aromatic carbocycles. The van der Waals surface area contributed by atoms with E-state index in [9.17, 15) is 0 Å². The molecule has 4 nitrogen and oxygen atoms in total. The Bertz CT molecular complexity index is 430. The Kier molecular flexibility index (Phi) is 2.76. The molecule has 0 spiro atoms. The third-order valence-electron chi connectivity index (χ3n) is 3.00. The molecule has 5 heteroatoms. The van der Waals surface area contributed by atoms with E-state index in [-0.39, 0.29) is 0 Å². The summed E-state index contributed by atoms with van der Waals surface area (Å²) in [6, 6.07) is 2.15. The summed E-state index contributed by atoms with van der Waals surface area (Å²) in [4.78, 5) is 2.25. The van der Waals surface area contributed by atoms with Crippen LogP contribution in [0.15, 0.2) is 0 Å². The van der Waals surface area contributed by atoms with Crippen LogP contribution in [0.5, 0.6) is 0 Å². The van der Waals surface area contributed by atoms with Crippen molar-refractivity contribution in [2.45, 2.75) is 26.7 Å². The van der Waals surface area contributed by atoms with Gasteiger partial charge in [-0.25, -0.2) is 0 Å². The van der Waals surface area contributed by atoms with Gasteiger partial charge in [-0.2, -0.15) is 9.64 Å². The maximum Gasteiger partial charge on any atom is 0.157 e. The lowest BCUT2D eigenvalue weighted by atomic mass is 9.84. The quantitative estimate of drug-likeness (QED) is 0.812. The van der Waals surface area contributed by atoms with Crippen LogP contribution in [0.25, 0.3) is 0 Å². The van der Waals surface area contributed by atoms with E-state index < -0.39 is 0 Å². The van der Waals surface area contributed by atoms with Crippen molar-refractivity contribution < 1.29 is 0 Å². The van der Waals surface area contributed by atoms with Crippen molar-refractivity contribution in [3.8, 4) is 6.07 Å². The largest absolute Gasteiger partial charge is 0.382 e. The lowest BCUT2D eigenvalue weighted by molar-refractivity contribution is 0.294. The number of hydrogen-bond donors (Lipinski definition) is 1. The van der Waals surface area contributed by atoms with Gasteiger partial charge in [0.15, 0.2) is 5.82 Å². The normalized spacial score (nSPS) is 19.4. The number of nitrogens with two attached hydrogens (primary N) is 1. The maximum absolute atomic E-state index is 9.06. The molecule has 1 aromatic heterocycles. The summed E-state index contributed by atoms with van der Waals surface area (Å²) in [5.74, 6) is 0.367. The van der Waals surface area contributed by atoms with Gasteiger partial charge in [0.2, 0.25) is 0 Å². The third kappa shape index (κ3) is 1.98. The van der Waals surface area contributed by atoms with Crippen LogP contribution in [-0.4, -0.2) is 17.5 Å². The average molecular weight is 236 g/mol. The van der Waals surface area contributed by atoms with Gasteiger partial charge in [0.05, 0.1) is 0 Å². The van der Waals surface area contributed by atoms with Crippen molar-refractivity contribution in [2.75, 3.05) is 23.7 Å². The number of nitriles is 1. The van der Waals surface area contributed by atoms with Crippen LogP contribution in [0.1, 0.15) is 32.3 Å². The fourth-order valence-electron chi connectivity index (χ4n) is 2.21. The molecule has 0 radical (unpaired) electrons. The lowest BCUT2D eigenvalue weighted by Crippen LogP contribution is -2.40. The molecule has 1 aliphatic heterocycles. The van der Waals surface area contributed by atoms with Crippen molar-refractivity contribution in [2.24, 2.45) is 5.41 Å². The predicted molar refractivity (Wildman–Crippen MR) is 66.5 cm³/mol. The molecule has 1 aromatic rings. The molecule has 2 heterocycles. The fourth-order valence-corrected chi connectivity index (χ4v) is 3.00. The minimum atomic E-state index is 0.309. The molecule has 1 saturated heterocycles. The van der Waals surface area contributed by atoms with Crippen molar-refractivity contribution in [3.05, 3.63) is 5.56 Å². The van der Waals surface area contributed by atoms with E-state index >= 15 is 0 Å². The Morgan fingerprint density at radius 3 is 2.94 bits per heavy atom. The van der Waals surface area contributed by atoms with Crippen LogP contribution >= 0.6 is 11.5 Å². The van der Waals surface area contributed by atoms with Crippen molar-refractivity contribution >= 4 is 22.4 Å². The van der Waals surface area contributed by atoms with Gasteiger partial charge in [-0.1, -0.05) is 13.8 Å². The maximum atomic E-state index is 9.06. The number of hydrogen-bond acceptors (Lipinski definition) is 5. The molecule has 0 aliphatic carbocycles. The van der Waals surface area contributed by atoms with Crippen LogP contribution in [0.4, 0.5) is 10.8 Å². The topological polar surface area (TPSA) is 65.9 Å². The zero-order chi connectivity index (χ0) is 11.8. The number of nitrogen functional groups attached to an aromatic ring is 1. The van der Waals surface area contributed by atoms with Gasteiger partial charge in [-0.3, -0.25) is 0 Å². The van der Waals surface area contributed by atoms with E-state index in [1.807, 2.05) is 0 Å². The molecular weight excluding hydrogens is 220 g/mol. The molecular formula is C11H16N4S. The standard InChI is InChI=1S/C11H16N4S/c1-11(2)4-3-5-15(7-11)10-8(6-12)9(13)14-16-10/h3-5,7H2,1-2H3,(H2,13,14). The van der Waals surface area contributed by atoms with Crippen molar-refractivity contribution in [3.63, 3.8) is 0 Å². The van der Waals surface area contributed by atoms with Crippen molar-refractivity contribution in [1.82, 2.24) is 4.37 Å². The van der Waals surface area contributed by atoms with Crippen LogP contribution in [0, 0.1) is 16.7 Å². The Labute approximate surface area is 99.8 Å². The summed E-state index contributed by atoms with van der Waals surface area (Å²) < 4.78 is 4.07. The van der Waals surface area contributed by atoms with Gasteiger partial charge in [-0.15, -0.1) is 0 Å². The second-order valence-corrected chi connectivity index (χ2v) is 5.80. The highest BCUT2D eigenvalue weighted by Gasteiger charge is 2.29. The summed E-state index contributed by atoms with van der Waals surface area (Å²) in [5.41, 5.74) is 6.53. The van der Waals surface area contributed by atoms with Crippen molar-refractivity contribution in [1.29, 1.82) is 5.26 Å². The second-order valence-electron chi connectivity index (χ2n) is 5.05.